The van der Waals surface area contributed by atoms with Gasteiger partial charge in [-0.1, -0.05) is 36.7 Å². The standard InChI is InChI=1S/C8H10ClNO/c1-6(2)3-4-8-7(9)5-11-10-8/h3-6H,1-2H3/b4-3+. The van der Waals surface area contributed by atoms with E-state index in [1.165, 1.54) is 6.26 Å². The molecular weight excluding hydrogens is 162 g/mol. The monoisotopic (exact) mass is 171 g/mol. The summed E-state index contributed by atoms with van der Waals surface area (Å²) in [5.74, 6) is 0.503. The third kappa shape index (κ3) is 2.39. The molecule has 0 saturated carbocycles. The van der Waals surface area contributed by atoms with E-state index < -0.39 is 0 Å². The van der Waals surface area contributed by atoms with Crippen LogP contribution >= 0.6 is 11.6 Å². The summed E-state index contributed by atoms with van der Waals surface area (Å²) in [6.45, 7) is 4.18. The van der Waals surface area contributed by atoms with E-state index >= 15 is 0 Å². The zero-order chi connectivity index (χ0) is 8.27. The summed E-state index contributed by atoms with van der Waals surface area (Å²) >= 11 is 5.72. The Morgan fingerprint density at radius 3 is 2.82 bits per heavy atom. The fourth-order valence-electron chi connectivity index (χ4n) is 0.627. The Kier molecular flexibility index (Phi) is 2.71. The Bertz CT molecular complexity index is 252. The van der Waals surface area contributed by atoms with E-state index in [1.54, 1.807) is 0 Å². The van der Waals surface area contributed by atoms with Gasteiger partial charge in [-0.15, -0.1) is 0 Å². The van der Waals surface area contributed by atoms with E-state index in [2.05, 4.69) is 23.5 Å². The van der Waals surface area contributed by atoms with Crippen LogP contribution in [0.3, 0.4) is 0 Å². The third-order valence-corrected chi connectivity index (χ3v) is 1.47. The van der Waals surface area contributed by atoms with Gasteiger partial charge in [-0.2, -0.15) is 0 Å². The van der Waals surface area contributed by atoms with Gasteiger partial charge in [0.2, 0.25) is 0 Å². The second kappa shape index (κ2) is 3.58. The Balaban J connectivity index is 2.71. The Morgan fingerprint density at radius 2 is 2.36 bits per heavy atom. The second-order valence-electron chi connectivity index (χ2n) is 2.65. The first kappa shape index (κ1) is 8.34. The number of hydrogen-bond acceptors (Lipinski definition) is 2. The highest BCUT2D eigenvalue weighted by atomic mass is 35.5. The molecule has 0 aliphatic heterocycles. The lowest BCUT2D eigenvalue weighted by Crippen LogP contribution is -1.77. The molecule has 0 aliphatic carbocycles. The summed E-state index contributed by atoms with van der Waals surface area (Å²) in [5, 5.41) is 4.25. The van der Waals surface area contributed by atoms with Gasteiger partial charge in [-0.3, -0.25) is 0 Å². The molecule has 0 radical (unpaired) electrons. The summed E-state index contributed by atoms with van der Waals surface area (Å²) in [5.41, 5.74) is 0.695. The van der Waals surface area contributed by atoms with Crippen molar-refractivity contribution in [1.82, 2.24) is 5.16 Å². The fourth-order valence-corrected chi connectivity index (χ4v) is 0.764. The zero-order valence-corrected chi connectivity index (χ0v) is 7.30. The molecule has 0 bridgehead atoms. The quantitative estimate of drug-likeness (QED) is 0.684. The molecule has 0 spiro atoms. The zero-order valence-electron chi connectivity index (χ0n) is 6.54. The number of halogens is 1. The van der Waals surface area contributed by atoms with Gasteiger partial charge in [0.25, 0.3) is 0 Å². The van der Waals surface area contributed by atoms with Gasteiger partial charge < -0.3 is 4.52 Å². The molecule has 1 heterocycles. The van der Waals surface area contributed by atoms with Crippen LogP contribution in [0.2, 0.25) is 5.02 Å². The number of aromatic nitrogens is 1. The SMILES string of the molecule is CC(C)/C=C/c1nocc1Cl. The maximum absolute atomic E-state index is 5.72. The van der Waals surface area contributed by atoms with Gasteiger partial charge in [-0.25, -0.2) is 0 Å². The Hall–Kier alpha value is -0.760. The van der Waals surface area contributed by atoms with Crippen LogP contribution in [0.25, 0.3) is 6.08 Å². The highest BCUT2D eigenvalue weighted by Crippen LogP contribution is 2.15. The van der Waals surface area contributed by atoms with E-state index in [4.69, 9.17) is 11.6 Å². The first-order valence-corrected chi connectivity index (χ1v) is 3.86. The molecule has 0 amide bonds. The van der Waals surface area contributed by atoms with Crippen LogP contribution in [0.5, 0.6) is 0 Å². The molecule has 11 heavy (non-hydrogen) atoms. The maximum atomic E-state index is 5.72. The topological polar surface area (TPSA) is 26.0 Å². The molecule has 2 nitrogen and oxygen atoms in total. The molecular formula is C8H10ClNO. The van der Waals surface area contributed by atoms with Gasteiger partial charge in [0.15, 0.2) is 0 Å². The first-order chi connectivity index (χ1) is 5.20. The lowest BCUT2D eigenvalue weighted by Gasteiger charge is -1.90. The highest BCUT2D eigenvalue weighted by Gasteiger charge is 1.99. The van der Waals surface area contributed by atoms with Crippen molar-refractivity contribution in [3.63, 3.8) is 0 Å². The average Bonchev–Trinajstić information content (AvgIpc) is 2.31. The van der Waals surface area contributed by atoms with Crippen molar-refractivity contribution in [3.05, 3.63) is 23.1 Å². The van der Waals surface area contributed by atoms with E-state index in [9.17, 15) is 0 Å². The van der Waals surface area contributed by atoms with Crippen molar-refractivity contribution in [1.29, 1.82) is 0 Å². The predicted molar refractivity (Wildman–Crippen MR) is 45.4 cm³/mol. The molecule has 0 atom stereocenters. The molecule has 1 aromatic heterocycles. The normalized spacial score (nSPS) is 11.6. The highest BCUT2D eigenvalue weighted by molar-refractivity contribution is 6.31. The molecule has 1 rings (SSSR count). The molecule has 3 heteroatoms. The van der Waals surface area contributed by atoms with E-state index in [0.29, 0.717) is 16.6 Å². The van der Waals surface area contributed by atoms with Crippen molar-refractivity contribution in [2.24, 2.45) is 5.92 Å². The molecule has 0 fully saturated rings. The molecule has 60 valence electrons. The minimum atomic E-state index is 0.503. The average molecular weight is 172 g/mol. The summed E-state index contributed by atoms with van der Waals surface area (Å²) < 4.78 is 4.64. The van der Waals surface area contributed by atoms with E-state index in [1.807, 2.05) is 12.2 Å². The summed E-state index contributed by atoms with van der Waals surface area (Å²) in [6.07, 6.45) is 5.29. The summed E-state index contributed by atoms with van der Waals surface area (Å²) in [7, 11) is 0. The lowest BCUT2D eigenvalue weighted by molar-refractivity contribution is 0.418. The van der Waals surface area contributed by atoms with E-state index in [-0.39, 0.29) is 0 Å². The number of hydrogen-bond donors (Lipinski definition) is 0. The summed E-state index contributed by atoms with van der Waals surface area (Å²) in [6, 6.07) is 0. The van der Waals surface area contributed by atoms with Crippen LogP contribution in [0.1, 0.15) is 19.5 Å². The number of nitrogens with zero attached hydrogens (tertiary/aromatic N) is 1. The molecule has 0 N–H and O–H groups in total. The van der Waals surface area contributed by atoms with E-state index in [0.717, 1.165) is 0 Å². The molecule has 0 aliphatic rings. The number of rotatable bonds is 2. The van der Waals surface area contributed by atoms with Crippen LogP contribution in [-0.2, 0) is 0 Å². The Labute approximate surface area is 70.8 Å². The van der Waals surface area contributed by atoms with Crippen molar-refractivity contribution in [3.8, 4) is 0 Å². The Morgan fingerprint density at radius 1 is 1.64 bits per heavy atom. The lowest BCUT2D eigenvalue weighted by atomic mass is 10.2. The fraction of sp³-hybridized carbons (Fsp3) is 0.375. The van der Waals surface area contributed by atoms with Crippen molar-refractivity contribution < 1.29 is 4.52 Å². The summed E-state index contributed by atoms with van der Waals surface area (Å²) in [4.78, 5) is 0. The van der Waals surface area contributed by atoms with Crippen molar-refractivity contribution >= 4 is 17.7 Å². The van der Waals surface area contributed by atoms with Gasteiger partial charge in [-0.05, 0) is 12.0 Å². The minimum absolute atomic E-state index is 0.503. The van der Waals surface area contributed by atoms with Gasteiger partial charge >= 0.3 is 0 Å². The maximum Gasteiger partial charge on any atom is 0.143 e. The smallest absolute Gasteiger partial charge is 0.143 e. The molecule has 0 saturated heterocycles. The first-order valence-electron chi connectivity index (χ1n) is 3.48. The van der Waals surface area contributed by atoms with Crippen LogP contribution in [-0.4, -0.2) is 5.16 Å². The second-order valence-corrected chi connectivity index (χ2v) is 3.06. The molecule has 1 aromatic rings. The van der Waals surface area contributed by atoms with Gasteiger partial charge in [0, 0.05) is 0 Å². The van der Waals surface area contributed by atoms with Crippen LogP contribution in [0.15, 0.2) is 16.9 Å². The number of allylic oxidation sites excluding steroid dienone is 1. The third-order valence-electron chi connectivity index (χ3n) is 1.19. The van der Waals surface area contributed by atoms with Crippen molar-refractivity contribution in [2.45, 2.75) is 13.8 Å². The van der Waals surface area contributed by atoms with Gasteiger partial charge in [0.1, 0.15) is 17.0 Å². The van der Waals surface area contributed by atoms with Crippen LogP contribution in [0, 0.1) is 5.92 Å². The van der Waals surface area contributed by atoms with Crippen LogP contribution in [0.4, 0.5) is 0 Å². The largest absolute Gasteiger partial charge is 0.363 e. The van der Waals surface area contributed by atoms with Crippen molar-refractivity contribution in [2.75, 3.05) is 0 Å². The predicted octanol–water partition coefficient (Wildman–Crippen LogP) is 3.00. The minimum Gasteiger partial charge on any atom is -0.363 e. The van der Waals surface area contributed by atoms with Crippen LogP contribution < -0.4 is 0 Å². The molecule has 0 aromatic carbocycles. The van der Waals surface area contributed by atoms with Gasteiger partial charge in [0.05, 0.1) is 0 Å². The molecule has 0 unspecified atom stereocenters.